The zero-order chi connectivity index (χ0) is 14.1. The molecule has 110 valence electrons. The van der Waals surface area contributed by atoms with Gasteiger partial charge in [-0.2, -0.15) is 5.10 Å². The predicted octanol–water partition coefficient (Wildman–Crippen LogP) is 3.21. The molecule has 1 heterocycles. The first-order chi connectivity index (χ1) is 10.4. The SMILES string of the molecule is c1ccc(Cn2cc(CNC(C3CC3)C3CC3)cn2)cc1. The molecule has 0 spiro atoms. The van der Waals surface area contributed by atoms with Crippen molar-refractivity contribution in [3.63, 3.8) is 0 Å². The number of nitrogens with one attached hydrogen (secondary N) is 1. The Labute approximate surface area is 126 Å². The molecule has 0 aliphatic heterocycles. The second-order valence-electron chi connectivity index (χ2n) is 6.61. The van der Waals surface area contributed by atoms with Gasteiger partial charge in [-0.05, 0) is 43.1 Å². The van der Waals surface area contributed by atoms with Gasteiger partial charge in [-0.3, -0.25) is 4.68 Å². The number of benzene rings is 1. The highest BCUT2D eigenvalue weighted by atomic mass is 15.3. The molecule has 2 fully saturated rings. The zero-order valence-electron chi connectivity index (χ0n) is 12.4. The minimum absolute atomic E-state index is 0.766. The van der Waals surface area contributed by atoms with Gasteiger partial charge in [0.25, 0.3) is 0 Å². The molecule has 4 rings (SSSR count). The maximum Gasteiger partial charge on any atom is 0.0659 e. The number of hydrogen-bond donors (Lipinski definition) is 1. The molecule has 1 N–H and O–H groups in total. The van der Waals surface area contributed by atoms with Gasteiger partial charge in [-0.15, -0.1) is 0 Å². The molecule has 2 saturated carbocycles. The molecule has 1 aromatic heterocycles. The summed E-state index contributed by atoms with van der Waals surface area (Å²) in [4.78, 5) is 0. The van der Waals surface area contributed by atoms with Gasteiger partial charge in [0.05, 0.1) is 12.7 Å². The summed E-state index contributed by atoms with van der Waals surface area (Å²) in [6.45, 7) is 1.82. The summed E-state index contributed by atoms with van der Waals surface area (Å²) in [7, 11) is 0. The highest BCUT2D eigenvalue weighted by molar-refractivity contribution is 5.15. The van der Waals surface area contributed by atoms with Crippen LogP contribution in [0.4, 0.5) is 0 Å². The molecule has 2 aliphatic carbocycles. The average Bonchev–Trinajstić information content (AvgIpc) is 3.42. The van der Waals surface area contributed by atoms with Gasteiger partial charge in [0.2, 0.25) is 0 Å². The first kappa shape index (κ1) is 13.1. The first-order valence-electron chi connectivity index (χ1n) is 8.17. The largest absolute Gasteiger partial charge is 0.309 e. The second-order valence-corrected chi connectivity index (χ2v) is 6.61. The molecule has 3 heteroatoms. The Morgan fingerprint density at radius 1 is 1.05 bits per heavy atom. The summed E-state index contributed by atoms with van der Waals surface area (Å²) in [5.41, 5.74) is 2.60. The van der Waals surface area contributed by atoms with Gasteiger partial charge in [0.1, 0.15) is 0 Å². The summed E-state index contributed by atoms with van der Waals surface area (Å²) >= 11 is 0. The van der Waals surface area contributed by atoms with E-state index in [-0.39, 0.29) is 0 Å². The van der Waals surface area contributed by atoms with Crippen LogP contribution in [-0.2, 0) is 13.1 Å². The molecule has 1 aromatic carbocycles. The lowest BCUT2D eigenvalue weighted by Crippen LogP contribution is -2.32. The molecule has 0 radical (unpaired) electrons. The molecule has 0 saturated heterocycles. The standard InChI is InChI=1S/C18H23N3/c1-2-4-14(5-3-1)12-21-13-15(11-20-21)10-19-18(16-6-7-16)17-8-9-17/h1-5,11,13,16-19H,6-10,12H2. The van der Waals surface area contributed by atoms with Gasteiger partial charge in [0, 0.05) is 24.3 Å². The van der Waals surface area contributed by atoms with Crippen molar-refractivity contribution >= 4 is 0 Å². The molecule has 2 aromatic rings. The Kier molecular flexibility index (Phi) is 3.52. The summed E-state index contributed by atoms with van der Waals surface area (Å²) in [6.07, 6.45) is 9.91. The lowest BCUT2D eigenvalue weighted by Gasteiger charge is -2.16. The van der Waals surface area contributed by atoms with E-state index in [9.17, 15) is 0 Å². The van der Waals surface area contributed by atoms with E-state index in [0.717, 1.165) is 31.0 Å². The molecule has 0 bridgehead atoms. The van der Waals surface area contributed by atoms with Crippen molar-refractivity contribution in [2.45, 2.75) is 44.8 Å². The second kappa shape index (κ2) is 5.64. The molecule has 0 atom stereocenters. The van der Waals surface area contributed by atoms with Gasteiger partial charge >= 0.3 is 0 Å². The van der Waals surface area contributed by atoms with Gasteiger partial charge < -0.3 is 5.32 Å². The zero-order valence-corrected chi connectivity index (χ0v) is 12.4. The van der Waals surface area contributed by atoms with Gasteiger partial charge in [-0.25, -0.2) is 0 Å². The van der Waals surface area contributed by atoms with Crippen LogP contribution in [0.1, 0.15) is 36.8 Å². The Balaban J connectivity index is 1.34. The molecule has 0 amide bonds. The third kappa shape index (κ3) is 3.35. The van der Waals surface area contributed by atoms with Crippen LogP contribution in [0, 0.1) is 11.8 Å². The van der Waals surface area contributed by atoms with Crippen LogP contribution in [0.25, 0.3) is 0 Å². The molecule has 2 aliphatic rings. The number of nitrogens with zero attached hydrogens (tertiary/aromatic N) is 2. The van der Waals surface area contributed by atoms with Crippen molar-refractivity contribution in [3.05, 3.63) is 53.9 Å². The van der Waals surface area contributed by atoms with Crippen molar-refractivity contribution in [2.75, 3.05) is 0 Å². The summed E-state index contributed by atoms with van der Waals surface area (Å²) in [6, 6.07) is 11.3. The summed E-state index contributed by atoms with van der Waals surface area (Å²) in [5.74, 6) is 1.91. The Morgan fingerprint density at radius 2 is 1.76 bits per heavy atom. The van der Waals surface area contributed by atoms with Crippen LogP contribution in [-0.4, -0.2) is 15.8 Å². The lowest BCUT2D eigenvalue weighted by molar-refractivity contribution is 0.416. The fourth-order valence-electron chi connectivity index (χ4n) is 3.22. The predicted molar refractivity (Wildman–Crippen MR) is 83.8 cm³/mol. The maximum absolute atomic E-state index is 4.49. The normalized spacial score (nSPS) is 18.3. The summed E-state index contributed by atoms with van der Waals surface area (Å²) in [5, 5.41) is 8.27. The summed E-state index contributed by atoms with van der Waals surface area (Å²) < 4.78 is 2.04. The van der Waals surface area contributed by atoms with Crippen LogP contribution in [0.5, 0.6) is 0 Å². The van der Waals surface area contributed by atoms with Crippen LogP contribution in [0.3, 0.4) is 0 Å². The maximum atomic E-state index is 4.49. The molecule has 3 nitrogen and oxygen atoms in total. The van der Waals surface area contributed by atoms with Crippen molar-refractivity contribution < 1.29 is 0 Å². The fraction of sp³-hybridized carbons (Fsp3) is 0.500. The minimum atomic E-state index is 0.766. The molecule has 0 unspecified atom stereocenters. The van der Waals surface area contributed by atoms with Crippen molar-refractivity contribution in [2.24, 2.45) is 11.8 Å². The van der Waals surface area contributed by atoms with Crippen LogP contribution in [0.2, 0.25) is 0 Å². The van der Waals surface area contributed by atoms with E-state index in [1.54, 1.807) is 0 Å². The van der Waals surface area contributed by atoms with E-state index in [4.69, 9.17) is 0 Å². The monoisotopic (exact) mass is 281 g/mol. The van der Waals surface area contributed by atoms with Crippen LogP contribution < -0.4 is 5.32 Å². The third-order valence-corrected chi connectivity index (χ3v) is 4.68. The quantitative estimate of drug-likeness (QED) is 0.844. The lowest BCUT2D eigenvalue weighted by atomic mass is 10.1. The Hall–Kier alpha value is -1.61. The van der Waals surface area contributed by atoms with E-state index in [1.165, 1.54) is 36.8 Å². The highest BCUT2D eigenvalue weighted by Crippen LogP contribution is 2.44. The van der Waals surface area contributed by atoms with Crippen molar-refractivity contribution in [3.8, 4) is 0 Å². The topological polar surface area (TPSA) is 29.9 Å². The number of hydrogen-bond acceptors (Lipinski definition) is 2. The van der Waals surface area contributed by atoms with E-state index < -0.39 is 0 Å². The fourth-order valence-corrected chi connectivity index (χ4v) is 3.22. The molecule has 21 heavy (non-hydrogen) atoms. The minimum Gasteiger partial charge on any atom is -0.309 e. The number of rotatable bonds is 7. The van der Waals surface area contributed by atoms with E-state index in [0.29, 0.717) is 0 Å². The average molecular weight is 281 g/mol. The smallest absolute Gasteiger partial charge is 0.0659 e. The van der Waals surface area contributed by atoms with Crippen LogP contribution >= 0.6 is 0 Å². The molecular formula is C18H23N3. The Bertz CT molecular complexity index is 570. The highest BCUT2D eigenvalue weighted by Gasteiger charge is 2.40. The number of aromatic nitrogens is 2. The molecular weight excluding hydrogens is 258 g/mol. The van der Waals surface area contributed by atoms with Gasteiger partial charge in [0.15, 0.2) is 0 Å². The third-order valence-electron chi connectivity index (χ3n) is 4.68. The van der Waals surface area contributed by atoms with E-state index >= 15 is 0 Å². The van der Waals surface area contributed by atoms with Crippen LogP contribution in [0.15, 0.2) is 42.7 Å². The van der Waals surface area contributed by atoms with Gasteiger partial charge in [-0.1, -0.05) is 30.3 Å². The Morgan fingerprint density at radius 3 is 2.43 bits per heavy atom. The van der Waals surface area contributed by atoms with E-state index in [2.05, 4.69) is 46.9 Å². The van der Waals surface area contributed by atoms with E-state index in [1.807, 2.05) is 10.9 Å². The van der Waals surface area contributed by atoms with Crippen molar-refractivity contribution in [1.29, 1.82) is 0 Å². The van der Waals surface area contributed by atoms with Crippen molar-refractivity contribution in [1.82, 2.24) is 15.1 Å². The first-order valence-corrected chi connectivity index (χ1v) is 8.17.